The van der Waals surface area contributed by atoms with Crippen molar-refractivity contribution in [2.24, 2.45) is 0 Å². The zero-order valence-corrected chi connectivity index (χ0v) is 11.0. The molecule has 0 heterocycles. The highest BCUT2D eigenvalue weighted by Crippen LogP contribution is 2.13. The lowest BCUT2D eigenvalue weighted by atomic mass is 10.1. The standard InChI is InChI=1S/C13H20BrN/c1-15-11-5-3-2-4-6-12-7-9-13(14)10-8-12/h7-10,15H,2-6,11H2,1H3. The molecular formula is C13H20BrN. The van der Waals surface area contributed by atoms with Gasteiger partial charge in [-0.1, -0.05) is 40.9 Å². The van der Waals surface area contributed by atoms with Crippen LogP contribution in [0.4, 0.5) is 0 Å². The van der Waals surface area contributed by atoms with Crippen LogP contribution in [0.2, 0.25) is 0 Å². The molecule has 1 aromatic rings. The highest BCUT2D eigenvalue weighted by molar-refractivity contribution is 9.10. The van der Waals surface area contributed by atoms with Crippen LogP contribution in [0.1, 0.15) is 31.2 Å². The minimum Gasteiger partial charge on any atom is -0.320 e. The Morgan fingerprint density at radius 2 is 1.67 bits per heavy atom. The lowest BCUT2D eigenvalue weighted by molar-refractivity contribution is 0.616. The molecule has 1 aromatic carbocycles. The van der Waals surface area contributed by atoms with E-state index in [1.54, 1.807) is 0 Å². The van der Waals surface area contributed by atoms with E-state index in [-0.39, 0.29) is 0 Å². The number of halogens is 1. The number of nitrogens with one attached hydrogen (secondary N) is 1. The lowest BCUT2D eigenvalue weighted by Crippen LogP contribution is -2.06. The molecule has 0 spiro atoms. The van der Waals surface area contributed by atoms with Gasteiger partial charge in [-0.25, -0.2) is 0 Å². The number of aryl methyl sites for hydroxylation is 1. The second-order valence-corrected chi connectivity index (χ2v) is 4.81. The second-order valence-electron chi connectivity index (χ2n) is 3.89. The highest BCUT2D eigenvalue weighted by Gasteiger charge is 1.94. The van der Waals surface area contributed by atoms with Crippen LogP contribution in [0, 0.1) is 0 Å². The van der Waals surface area contributed by atoms with E-state index in [2.05, 4.69) is 45.5 Å². The summed E-state index contributed by atoms with van der Waals surface area (Å²) in [6, 6.07) is 8.65. The van der Waals surface area contributed by atoms with E-state index < -0.39 is 0 Å². The minimum absolute atomic E-state index is 1.15. The number of hydrogen-bond donors (Lipinski definition) is 1. The first kappa shape index (κ1) is 12.7. The van der Waals surface area contributed by atoms with Crippen LogP contribution in [0.3, 0.4) is 0 Å². The first-order valence-corrected chi connectivity index (χ1v) is 6.51. The highest BCUT2D eigenvalue weighted by atomic mass is 79.9. The maximum atomic E-state index is 3.45. The van der Waals surface area contributed by atoms with Crippen molar-refractivity contribution in [3.05, 3.63) is 34.3 Å². The molecule has 1 nitrogen and oxygen atoms in total. The Hall–Kier alpha value is -0.340. The predicted octanol–water partition coefficient (Wildman–Crippen LogP) is 3.77. The molecule has 0 aromatic heterocycles. The average Bonchev–Trinajstić information content (AvgIpc) is 2.26. The van der Waals surface area contributed by atoms with Gasteiger partial charge in [0.2, 0.25) is 0 Å². The minimum atomic E-state index is 1.15. The lowest BCUT2D eigenvalue weighted by Gasteiger charge is -2.02. The Balaban J connectivity index is 2.07. The molecule has 1 rings (SSSR count). The van der Waals surface area contributed by atoms with Crippen molar-refractivity contribution >= 4 is 15.9 Å². The molecule has 1 N–H and O–H groups in total. The van der Waals surface area contributed by atoms with Gasteiger partial charge in [0.1, 0.15) is 0 Å². The summed E-state index contributed by atoms with van der Waals surface area (Å²) in [6.07, 6.45) is 6.52. The Labute approximate surface area is 101 Å². The molecule has 0 saturated carbocycles. The first-order chi connectivity index (χ1) is 7.33. The van der Waals surface area contributed by atoms with Crippen molar-refractivity contribution in [3.8, 4) is 0 Å². The Bertz CT molecular complexity index is 256. The Morgan fingerprint density at radius 3 is 2.33 bits per heavy atom. The summed E-state index contributed by atoms with van der Waals surface area (Å²) in [4.78, 5) is 0. The fourth-order valence-electron chi connectivity index (χ4n) is 1.64. The smallest absolute Gasteiger partial charge is 0.0175 e. The number of hydrogen-bond acceptors (Lipinski definition) is 1. The van der Waals surface area contributed by atoms with Crippen LogP contribution >= 0.6 is 15.9 Å². The van der Waals surface area contributed by atoms with Crippen LogP contribution in [-0.2, 0) is 6.42 Å². The third-order valence-corrected chi connectivity index (χ3v) is 3.08. The summed E-state index contributed by atoms with van der Waals surface area (Å²) in [5.74, 6) is 0. The van der Waals surface area contributed by atoms with Gasteiger partial charge >= 0.3 is 0 Å². The largest absolute Gasteiger partial charge is 0.320 e. The van der Waals surface area contributed by atoms with Gasteiger partial charge in [0.25, 0.3) is 0 Å². The fraction of sp³-hybridized carbons (Fsp3) is 0.538. The number of benzene rings is 1. The van der Waals surface area contributed by atoms with Crippen LogP contribution in [-0.4, -0.2) is 13.6 Å². The molecule has 15 heavy (non-hydrogen) atoms. The zero-order valence-electron chi connectivity index (χ0n) is 9.43. The SMILES string of the molecule is CNCCCCCCc1ccc(Br)cc1. The van der Waals surface area contributed by atoms with Gasteiger partial charge in [0.05, 0.1) is 0 Å². The van der Waals surface area contributed by atoms with Gasteiger partial charge in [0, 0.05) is 4.47 Å². The van der Waals surface area contributed by atoms with E-state index in [1.165, 1.54) is 42.1 Å². The van der Waals surface area contributed by atoms with E-state index in [1.807, 2.05) is 7.05 Å². The molecule has 0 radical (unpaired) electrons. The molecule has 0 bridgehead atoms. The van der Waals surface area contributed by atoms with E-state index in [4.69, 9.17) is 0 Å². The predicted molar refractivity (Wildman–Crippen MR) is 70.2 cm³/mol. The molecule has 0 aliphatic heterocycles. The molecule has 0 saturated heterocycles. The quantitative estimate of drug-likeness (QED) is 0.744. The summed E-state index contributed by atoms with van der Waals surface area (Å²) in [6.45, 7) is 1.15. The Morgan fingerprint density at radius 1 is 1.00 bits per heavy atom. The molecule has 0 atom stereocenters. The van der Waals surface area contributed by atoms with E-state index >= 15 is 0 Å². The number of unbranched alkanes of at least 4 members (excludes halogenated alkanes) is 3. The van der Waals surface area contributed by atoms with Crippen molar-refractivity contribution < 1.29 is 0 Å². The molecule has 0 fully saturated rings. The zero-order chi connectivity index (χ0) is 10.9. The average molecular weight is 270 g/mol. The van der Waals surface area contributed by atoms with Crippen molar-refractivity contribution in [2.45, 2.75) is 32.1 Å². The van der Waals surface area contributed by atoms with Crippen LogP contribution in [0.15, 0.2) is 28.7 Å². The first-order valence-electron chi connectivity index (χ1n) is 5.72. The normalized spacial score (nSPS) is 10.5. The van der Waals surface area contributed by atoms with Crippen molar-refractivity contribution in [1.82, 2.24) is 5.32 Å². The van der Waals surface area contributed by atoms with Crippen molar-refractivity contribution in [1.29, 1.82) is 0 Å². The van der Waals surface area contributed by atoms with Gasteiger partial charge < -0.3 is 5.32 Å². The van der Waals surface area contributed by atoms with Crippen molar-refractivity contribution in [3.63, 3.8) is 0 Å². The van der Waals surface area contributed by atoms with E-state index in [9.17, 15) is 0 Å². The summed E-state index contributed by atoms with van der Waals surface area (Å²) in [7, 11) is 2.02. The summed E-state index contributed by atoms with van der Waals surface area (Å²) in [5, 5.41) is 3.18. The second kappa shape index (κ2) is 7.89. The fourth-order valence-corrected chi connectivity index (χ4v) is 1.90. The molecule has 0 unspecified atom stereocenters. The maximum Gasteiger partial charge on any atom is 0.0175 e. The number of rotatable bonds is 7. The summed E-state index contributed by atoms with van der Waals surface area (Å²) in [5.41, 5.74) is 1.45. The van der Waals surface area contributed by atoms with Gasteiger partial charge in [-0.15, -0.1) is 0 Å². The van der Waals surface area contributed by atoms with Gasteiger partial charge in [0.15, 0.2) is 0 Å². The molecule has 0 amide bonds. The third kappa shape index (κ3) is 5.95. The summed E-state index contributed by atoms with van der Waals surface area (Å²) >= 11 is 3.45. The monoisotopic (exact) mass is 269 g/mol. The van der Waals surface area contributed by atoms with Crippen LogP contribution in [0.5, 0.6) is 0 Å². The maximum absolute atomic E-state index is 3.45. The molecule has 2 heteroatoms. The summed E-state index contributed by atoms with van der Waals surface area (Å²) < 4.78 is 1.17. The topological polar surface area (TPSA) is 12.0 Å². The van der Waals surface area contributed by atoms with Gasteiger partial charge in [-0.05, 0) is 50.6 Å². The molecular weight excluding hydrogens is 250 g/mol. The van der Waals surface area contributed by atoms with Gasteiger partial charge in [-0.3, -0.25) is 0 Å². The molecule has 0 aliphatic carbocycles. The van der Waals surface area contributed by atoms with Gasteiger partial charge in [-0.2, -0.15) is 0 Å². The molecule has 84 valence electrons. The van der Waals surface area contributed by atoms with E-state index in [0.717, 1.165) is 6.54 Å². The van der Waals surface area contributed by atoms with E-state index in [0.29, 0.717) is 0 Å². The van der Waals surface area contributed by atoms with Crippen LogP contribution < -0.4 is 5.32 Å². The van der Waals surface area contributed by atoms with Crippen molar-refractivity contribution in [2.75, 3.05) is 13.6 Å². The third-order valence-electron chi connectivity index (χ3n) is 2.56. The van der Waals surface area contributed by atoms with Crippen LogP contribution in [0.25, 0.3) is 0 Å². The molecule has 0 aliphatic rings. The Kier molecular flexibility index (Phi) is 6.69.